The van der Waals surface area contributed by atoms with Crippen LogP contribution >= 0.6 is 0 Å². The number of ether oxygens (including phenoxy) is 2. The van der Waals surface area contributed by atoms with Crippen molar-refractivity contribution in [3.05, 3.63) is 29.5 Å². The first-order valence-corrected chi connectivity index (χ1v) is 8.83. The molecule has 0 saturated carbocycles. The molecular weight excluding hydrogens is 330 g/mol. The van der Waals surface area contributed by atoms with Gasteiger partial charge in [0, 0.05) is 17.2 Å². The van der Waals surface area contributed by atoms with Gasteiger partial charge in [0.1, 0.15) is 5.75 Å². The van der Waals surface area contributed by atoms with E-state index in [0.717, 1.165) is 24.1 Å². The number of rotatable bonds is 8. The van der Waals surface area contributed by atoms with E-state index >= 15 is 0 Å². The van der Waals surface area contributed by atoms with Crippen LogP contribution in [0.5, 0.6) is 11.6 Å². The lowest BCUT2D eigenvalue weighted by atomic mass is 10.00. The fourth-order valence-corrected chi connectivity index (χ4v) is 2.83. The number of methoxy groups -OCH3 is 2. The lowest BCUT2D eigenvalue weighted by molar-refractivity contribution is 0.101. The van der Waals surface area contributed by atoms with Crippen molar-refractivity contribution in [2.45, 2.75) is 46.6 Å². The van der Waals surface area contributed by atoms with E-state index in [4.69, 9.17) is 9.47 Å². The van der Waals surface area contributed by atoms with Gasteiger partial charge < -0.3 is 14.8 Å². The Hall–Kier alpha value is -2.63. The van der Waals surface area contributed by atoms with Crippen molar-refractivity contribution in [3.63, 3.8) is 0 Å². The molecule has 1 heterocycles. The lowest BCUT2D eigenvalue weighted by Gasteiger charge is -2.19. The average molecular weight is 357 g/mol. The topological polar surface area (TPSA) is 73.3 Å². The summed E-state index contributed by atoms with van der Waals surface area (Å²) >= 11 is 0. The highest BCUT2D eigenvalue weighted by molar-refractivity contribution is 6.01. The van der Waals surface area contributed by atoms with Gasteiger partial charge in [0.15, 0.2) is 11.6 Å². The summed E-state index contributed by atoms with van der Waals surface area (Å²) in [6.45, 7) is 7.66. The summed E-state index contributed by atoms with van der Waals surface area (Å²) in [6.07, 6.45) is 1.96. The van der Waals surface area contributed by atoms with E-state index < -0.39 is 0 Å². The van der Waals surface area contributed by atoms with Crippen molar-refractivity contribution in [1.82, 2.24) is 9.97 Å². The van der Waals surface area contributed by atoms with Gasteiger partial charge in [-0.2, -0.15) is 0 Å². The molecule has 0 spiro atoms. The van der Waals surface area contributed by atoms with Crippen LogP contribution in [-0.2, 0) is 0 Å². The average Bonchev–Trinajstić information content (AvgIpc) is 2.65. The quantitative estimate of drug-likeness (QED) is 0.711. The van der Waals surface area contributed by atoms with Crippen LogP contribution in [0, 0.1) is 6.92 Å². The molecule has 0 unspecified atom stereocenters. The number of nitrogens with zero attached hydrogens (tertiary/aromatic N) is 2. The third-order valence-corrected chi connectivity index (χ3v) is 4.42. The third-order valence-electron chi connectivity index (χ3n) is 4.42. The summed E-state index contributed by atoms with van der Waals surface area (Å²) in [5.74, 6) is 1.62. The molecule has 6 nitrogen and oxygen atoms in total. The number of benzene rings is 1. The van der Waals surface area contributed by atoms with Crippen molar-refractivity contribution in [2.75, 3.05) is 19.5 Å². The normalized spacial score (nSPS) is 10.7. The molecule has 0 atom stereocenters. The number of Topliss-reactive ketones (excluding diaryl/α,β-unsaturated/α-hetero) is 1. The van der Waals surface area contributed by atoms with Crippen LogP contribution in [0.4, 0.5) is 5.82 Å². The monoisotopic (exact) mass is 357 g/mol. The minimum absolute atomic E-state index is 0.0571. The van der Waals surface area contributed by atoms with Crippen molar-refractivity contribution in [1.29, 1.82) is 0 Å². The van der Waals surface area contributed by atoms with Crippen molar-refractivity contribution in [3.8, 4) is 22.9 Å². The zero-order chi connectivity index (χ0) is 19.3. The van der Waals surface area contributed by atoms with Gasteiger partial charge in [0.25, 0.3) is 5.88 Å². The third kappa shape index (κ3) is 4.12. The van der Waals surface area contributed by atoms with Crippen molar-refractivity contribution >= 4 is 11.6 Å². The predicted octanol–water partition coefficient (Wildman–Crippen LogP) is 4.27. The van der Waals surface area contributed by atoms with E-state index in [0.29, 0.717) is 34.7 Å². The van der Waals surface area contributed by atoms with Crippen LogP contribution in [0.2, 0.25) is 0 Å². The number of carbonyl (C=O) groups is 1. The number of hydrogen-bond donors (Lipinski definition) is 1. The Morgan fingerprint density at radius 3 is 2.38 bits per heavy atom. The molecule has 1 aromatic carbocycles. The van der Waals surface area contributed by atoms with Crippen LogP contribution in [-0.4, -0.2) is 36.0 Å². The van der Waals surface area contributed by atoms with Crippen LogP contribution < -0.4 is 14.8 Å². The molecule has 0 amide bonds. The molecule has 6 heteroatoms. The van der Waals surface area contributed by atoms with E-state index in [-0.39, 0.29) is 5.78 Å². The second kappa shape index (κ2) is 8.65. The molecule has 0 radical (unpaired) electrons. The van der Waals surface area contributed by atoms with E-state index in [9.17, 15) is 4.79 Å². The summed E-state index contributed by atoms with van der Waals surface area (Å²) in [4.78, 5) is 21.4. The summed E-state index contributed by atoms with van der Waals surface area (Å²) in [5, 5.41) is 3.39. The number of hydrogen-bond acceptors (Lipinski definition) is 6. The molecule has 0 bridgehead atoms. The largest absolute Gasteiger partial charge is 0.497 e. The molecular formula is C20H27N3O3. The molecule has 1 aromatic heterocycles. The Kier molecular flexibility index (Phi) is 6.55. The Balaban J connectivity index is 2.56. The Labute approximate surface area is 155 Å². The Morgan fingerprint density at radius 2 is 1.85 bits per heavy atom. The summed E-state index contributed by atoms with van der Waals surface area (Å²) in [6, 6.07) is 5.67. The lowest BCUT2D eigenvalue weighted by Crippen LogP contribution is -2.19. The predicted molar refractivity (Wildman–Crippen MR) is 103 cm³/mol. The second-order valence-electron chi connectivity index (χ2n) is 6.14. The van der Waals surface area contributed by atoms with Gasteiger partial charge in [-0.25, -0.2) is 9.97 Å². The highest BCUT2D eigenvalue weighted by atomic mass is 16.5. The first kappa shape index (κ1) is 19.7. The minimum atomic E-state index is -0.0571. The van der Waals surface area contributed by atoms with Gasteiger partial charge in [-0.3, -0.25) is 4.79 Å². The van der Waals surface area contributed by atoms with Crippen LogP contribution in [0.25, 0.3) is 11.3 Å². The SMILES string of the molecule is CCC(CC)Nc1nc(C)c(-c2ccc(OC)cc2C(C)=O)nc1OC. The zero-order valence-electron chi connectivity index (χ0n) is 16.3. The minimum Gasteiger partial charge on any atom is -0.497 e. The maximum Gasteiger partial charge on any atom is 0.257 e. The first-order chi connectivity index (χ1) is 12.4. The van der Waals surface area contributed by atoms with Gasteiger partial charge in [-0.1, -0.05) is 13.8 Å². The maximum atomic E-state index is 12.1. The molecule has 2 rings (SSSR count). The summed E-state index contributed by atoms with van der Waals surface area (Å²) in [5.41, 5.74) is 2.62. The molecule has 0 fully saturated rings. The number of anilines is 1. The second-order valence-corrected chi connectivity index (χ2v) is 6.14. The molecule has 0 aliphatic rings. The molecule has 2 aromatic rings. The molecule has 26 heavy (non-hydrogen) atoms. The number of aromatic nitrogens is 2. The van der Waals surface area contributed by atoms with Crippen molar-refractivity contribution < 1.29 is 14.3 Å². The van der Waals surface area contributed by atoms with Gasteiger partial charge in [0.2, 0.25) is 0 Å². The molecule has 140 valence electrons. The van der Waals surface area contributed by atoms with Gasteiger partial charge in [-0.05, 0) is 44.9 Å². The Morgan fingerprint density at radius 1 is 1.15 bits per heavy atom. The van der Waals surface area contributed by atoms with Crippen LogP contribution in [0.15, 0.2) is 18.2 Å². The number of ketones is 1. The molecule has 0 aliphatic carbocycles. The zero-order valence-corrected chi connectivity index (χ0v) is 16.3. The fraction of sp³-hybridized carbons (Fsp3) is 0.450. The van der Waals surface area contributed by atoms with Crippen LogP contribution in [0.3, 0.4) is 0 Å². The van der Waals surface area contributed by atoms with E-state index in [2.05, 4.69) is 29.1 Å². The fourth-order valence-electron chi connectivity index (χ4n) is 2.83. The number of aryl methyl sites for hydroxylation is 1. The van der Waals surface area contributed by atoms with E-state index in [1.54, 1.807) is 20.3 Å². The van der Waals surface area contributed by atoms with Gasteiger partial charge in [0.05, 0.1) is 25.6 Å². The number of carbonyl (C=O) groups excluding carboxylic acids is 1. The smallest absolute Gasteiger partial charge is 0.257 e. The number of nitrogens with one attached hydrogen (secondary N) is 1. The highest BCUT2D eigenvalue weighted by Crippen LogP contribution is 2.32. The van der Waals surface area contributed by atoms with Crippen LogP contribution in [0.1, 0.15) is 49.7 Å². The van der Waals surface area contributed by atoms with E-state index in [1.165, 1.54) is 6.92 Å². The molecule has 0 aliphatic heterocycles. The Bertz CT molecular complexity index is 786. The standard InChI is InChI=1S/C20H27N3O3/c1-7-14(8-2)22-19-20(26-6)23-18(12(3)21-19)16-10-9-15(25-5)11-17(16)13(4)24/h9-11,14H,7-8H2,1-6H3,(H,21,22). The summed E-state index contributed by atoms with van der Waals surface area (Å²) in [7, 11) is 3.15. The van der Waals surface area contributed by atoms with Gasteiger partial charge >= 0.3 is 0 Å². The van der Waals surface area contributed by atoms with Gasteiger partial charge in [-0.15, -0.1) is 0 Å². The maximum absolute atomic E-state index is 12.1. The van der Waals surface area contributed by atoms with E-state index in [1.807, 2.05) is 19.1 Å². The van der Waals surface area contributed by atoms with Crippen molar-refractivity contribution in [2.24, 2.45) is 0 Å². The summed E-state index contributed by atoms with van der Waals surface area (Å²) < 4.78 is 10.7. The highest BCUT2D eigenvalue weighted by Gasteiger charge is 2.19. The first-order valence-electron chi connectivity index (χ1n) is 8.83. The molecule has 0 saturated heterocycles. The molecule has 1 N–H and O–H groups in total.